The summed E-state index contributed by atoms with van der Waals surface area (Å²) in [5.41, 5.74) is 0.810. The van der Waals surface area contributed by atoms with Crippen molar-refractivity contribution >= 4 is 11.9 Å². The van der Waals surface area contributed by atoms with E-state index in [-0.39, 0.29) is 28.8 Å². The number of nitrogens with one attached hydrogen (secondary N) is 1. The van der Waals surface area contributed by atoms with Crippen LogP contribution in [0.25, 0.3) is 11.3 Å². The number of nitrogens with zero attached hydrogens (tertiary/aromatic N) is 1. The molecule has 1 fully saturated rings. The molecule has 2 aromatic rings. The van der Waals surface area contributed by atoms with Crippen LogP contribution in [-0.2, 0) is 4.79 Å². The fourth-order valence-corrected chi connectivity index (χ4v) is 3.51. The molecule has 0 unspecified atom stereocenters. The zero-order valence-corrected chi connectivity index (χ0v) is 15.5. The van der Waals surface area contributed by atoms with Crippen molar-refractivity contribution in [3.63, 3.8) is 0 Å². The molecule has 1 aromatic carbocycles. The number of aromatic nitrogens is 1. The van der Waals surface area contributed by atoms with Gasteiger partial charge in [0.2, 0.25) is 5.91 Å². The van der Waals surface area contributed by atoms with Crippen LogP contribution in [0, 0.1) is 5.92 Å². The Morgan fingerprint density at radius 1 is 1.22 bits per heavy atom. The quantitative estimate of drug-likeness (QED) is 0.799. The standard InChI is InChI=1S/C20H24N2O5/c1-12(21-19(23)14-6-4-3-5-7-14)18-16(20(24)25)17(22-27-18)13-8-10-15(26-2)11-9-13/h8-12,14H,3-7H2,1-2H3,(H,21,23)(H,24,25)/t12-/m1/s1. The first kappa shape index (κ1) is 18.9. The summed E-state index contributed by atoms with van der Waals surface area (Å²) in [6.45, 7) is 1.71. The maximum atomic E-state index is 12.5. The maximum absolute atomic E-state index is 12.5. The van der Waals surface area contributed by atoms with Gasteiger partial charge < -0.3 is 19.7 Å². The monoisotopic (exact) mass is 372 g/mol. The van der Waals surface area contributed by atoms with Gasteiger partial charge in [-0.3, -0.25) is 4.79 Å². The number of benzene rings is 1. The predicted molar refractivity (Wildman–Crippen MR) is 98.6 cm³/mol. The van der Waals surface area contributed by atoms with Gasteiger partial charge in [0.25, 0.3) is 0 Å². The number of hydrogen-bond donors (Lipinski definition) is 2. The molecule has 1 heterocycles. The fourth-order valence-electron chi connectivity index (χ4n) is 3.51. The molecular weight excluding hydrogens is 348 g/mol. The van der Waals surface area contributed by atoms with Crippen molar-refractivity contribution in [2.75, 3.05) is 7.11 Å². The Bertz CT molecular complexity index is 806. The van der Waals surface area contributed by atoms with Crippen molar-refractivity contribution in [2.45, 2.75) is 45.1 Å². The molecule has 0 bridgehead atoms. The van der Waals surface area contributed by atoms with Crippen LogP contribution in [0.4, 0.5) is 0 Å². The van der Waals surface area contributed by atoms with Crippen LogP contribution in [0.5, 0.6) is 5.75 Å². The molecular formula is C20H24N2O5. The van der Waals surface area contributed by atoms with Crippen molar-refractivity contribution in [3.8, 4) is 17.0 Å². The van der Waals surface area contributed by atoms with Crippen LogP contribution < -0.4 is 10.1 Å². The molecule has 144 valence electrons. The Hall–Kier alpha value is -2.83. The van der Waals surface area contributed by atoms with E-state index in [2.05, 4.69) is 10.5 Å². The Kier molecular flexibility index (Phi) is 5.78. The second kappa shape index (κ2) is 8.24. The first-order chi connectivity index (χ1) is 13.0. The number of carbonyl (C=O) groups is 2. The summed E-state index contributed by atoms with van der Waals surface area (Å²) in [4.78, 5) is 24.3. The van der Waals surface area contributed by atoms with Gasteiger partial charge in [-0.25, -0.2) is 4.79 Å². The number of carboxylic acid groups (broad SMARTS) is 1. The minimum Gasteiger partial charge on any atom is -0.497 e. The van der Waals surface area contributed by atoms with Crippen LogP contribution in [0.15, 0.2) is 28.8 Å². The molecule has 1 atom stereocenters. The molecule has 0 aliphatic heterocycles. The summed E-state index contributed by atoms with van der Waals surface area (Å²) in [7, 11) is 1.56. The van der Waals surface area contributed by atoms with Crippen LogP contribution in [-0.4, -0.2) is 29.2 Å². The molecule has 2 N–H and O–H groups in total. The minimum atomic E-state index is -1.14. The highest BCUT2D eigenvalue weighted by Crippen LogP contribution is 2.31. The molecule has 0 saturated heterocycles. The second-order valence-electron chi connectivity index (χ2n) is 6.87. The molecule has 3 rings (SSSR count). The molecule has 27 heavy (non-hydrogen) atoms. The van der Waals surface area contributed by atoms with E-state index in [1.54, 1.807) is 38.3 Å². The molecule has 1 saturated carbocycles. The van der Waals surface area contributed by atoms with E-state index >= 15 is 0 Å². The Morgan fingerprint density at radius 2 is 1.89 bits per heavy atom. The summed E-state index contributed by atoms with van der Waals surface area (Å²) in [5.74, 6) is -0.403. The lowest BCUT2D eigenvalue weighted by atomic mass is 9.88. The molecule has 1 aliphatic carbocycles. The van der Waals surface area contributed by atoms with E-state index in [0.29, 0.717) is 11.3 Å². The fraction of sp³-hybridized carbons (Fsp3) is 0.450. The van der Waals surface area contributed by atoms with Crippen molar-refractivity contribution in [1.82, 2.24) is 10.5 Å². The van der Waals surface area contributed by atoms with E-state index in [9.17, 15) is 14.7 Å². The number of amides is 1. The van der Waals surface area contributed by atoms with Gasteiger partial charge in [0.15, 0.2) is 5.76 Å². The van der Waals surface area contributed by atoms with Gasteiger partial charge in [0.1, 0.15) is 17.0 Å². The third-order valence-corrected chi connectivity index (χ3v) is 5.02. The van der Waals surface area contributed by atoms with Crippen LogP contribution in [0.1, 0.15) is 61.2 Å². The van der Waals surface area contributed by atoms with Gasteiger partial charge >= 0.3 is 5.97 Å². The van der Waals surface area contributed by atoms with Gasteiger partial charge in [-0.2, -0.15) is 0 Å². The maximum Gasteiger partial charge on any atom is 0.341 e. The number of aromatic carboxylic acids is 1. The highest BCUT2D eigenvalue weighted by Gasteiger charge is 2.30. The van der Waals surface area contributed by atoms with Crippen molar-refractivity contribution in [1.29, 1.82) is 0 Å². The zero-order chi connectivity index (χ0) is 19.4. The van der Waals surface area contributed by atoms with Crippen molar-refractivity contribution in [3.05, 3.63) is 35.6 Å². The normalized spacial score (nSPS) is 15.9. The Morgan fingerprint density at radius 3 is 2.48 bits per heavy atom. The Labute approximate surface area is 157 Å². The van der Waals surface area contributed by atoms with Crippen LogP contribution >= 0.6 is 0 Å². The minimum absolute atomic E-state index is 0.0153. The van der Waals surface area contributed by atoms with Gasteiger partial charge in [0, 0.05) is 11.5 Å². The van der Waals surface area contributed by atoms with Gasteiger partial charge in [-0.05, 0) is 44.0 Å². The number of ether oxygens (including phenoxy) is 1. The second-order valence-corrected chi connectivity index (χ2v) is 6.87. The molecule has 0 radical (unpaired) electrons. The van der Waals surface area contributed by atoms with E-state index in [4.69, 9.17) is 9.26 Å². The molecule has 7 nitrogen and oxygen atoms in total. The molecule has 7 heteroatoms. The topological polar surface area (TPSA) is 102 Å². The van der Waals surface area contributed by atoms with Gasteiger partial charge in [-0.1, -0.05) is 24.4 Å². The predicted octanol–water partition coefficient (Wildman–Crippen LogP) is 3.81. The largest absolute Gasteiger partial charge is 0.497 e. The lowest BCUT2D eigenvalue weighted by Gasteiger charge is -2.22. The number of methoxy groups -OCH3 is 1. The van der Waals surface area contributed by atoms with E-state index < -0.39 is 12.0 Å². The highest BCUT2D eigenvalue weighted by atomic mass is 16.5. The molecule has 1 aromatic heterocycles. The Balaban J connectivity index is 1.83. The first-order valence-corrected chi connectivity index (χ1v) is 9.19. The van der Waals surface area contributed by atoms with Gasteiger partial charge in [0.05, 0.1) is 13.2 Å². The third-order valence-electron chi connectivity index (χ3n) is 5.02. The lowest BCUT2D eigenvalue weighted by Crippen LogP contribution is -2.34. The van der Waals surface area contributed by atoms with Crippen LogP contribution in [0.3, 0.4) is 0 Å². The average Bonchev–Trinajstić information content (AvgIpc) is 3.14. The van der Waals surface area contributed by atoms with E-state index in [1.807, 2.05) is 0 Å². The number of carboxylic acids is 1. The summed E-state index contributed by atoms with van der Waals surface area (Å²) < 4.78 is 10.5. The SMILES string of the molecule is COc1ccc(-c2noc([C@@H](C)NC(=O)C3CCCCC3)c2C(=O)O)cc1. The molecule has 0 spiro atoms. The molecule has 1 aliphatic rings. The van der Waals surface area contributed by atoms with Gasteiger partial charge in [-0.15, -0.1) is 0 Å². The van der Waals surface area contributed by atoms with E-state index in [1.165, 1.54) is 0 Å². The smallest absolute Gasteiger partial charge is 0.341 e. The number of hydrogen-bond acceptors (Lipinski definition) is 5. The number of carbonyl (C=O) groups excluding carboxylic acids is 1. The van der Waals surface area contributed by atoms with Crippen LogP contribution in [0.2, 0.25) is 0 Å². The lowest BCUT2D eigenvalue weighted by molar-refractivity contribution is -0.126. The summed E-state index contributed by atoms with van der Waals surface area (Å²) in [5, 5.41) is 16.5. The van der Waals surface area contributed by atoms with E-state index in [0.717, 1.165) is 32.1 Å². The average molecular weight is 372 g/mol. The molecule has 1 amide bonds. The zero-order valence-electron chi connectivity index (χ0n) is 15.5. The third kappa shape index (κ3) is 4.13. The summed E-state index contributed by atoms with van der Waals surface area (Å²) in [6, 6.07) is 6.31. The summed E-state index contributed by atoms with van der Waals surface area (Å²) >= 11 is 0. The number of rotatable bonds is 6. The van der Waals surface area contributed by atoms with Crippen molar-refractivity contribution in [2.24, 2.45) is 5.92 Å². The first-order valence-electron chi connectivity index (χ1n) is 9.19. The van der Waals surface area contributed by atoms with Crippen molar-refractivity contribution < 1.29 is 24.0 Å². The summed E-state index contributed by atoms with van der Waals surface area (Å²) in [6.07, 6.45) is 5.01. The highest BCUT2D eigenvalue weighted by molar-refractivity contribution is 5.96.